The first kappa shape index (κ1) is 42.4. The second-order valence-corrected chi connectivity index (χ2v) is 48.6. The zero-order valence-electron chi connectivity index (χ0n) is 35.3. The maximum atomic E-state index is 13.8. The van der Waals surface area contributed by atoms with Gasteiger partial charge in [-0.2, -0.15) is 0 Å². The van der Waals surface area contributed by atoms with Gasteiger partial charge < -0.3 is 0 Å². The van der Waals surface area contributed by atoms with Crippen LogP contribution in [0.5, 0.6) is 0 Å². The molecule has 8 heteroatoms. The van der Waals surface area contributed by atoms with Gasteiger partial charge in [0.25, 0.3) is 0 Å². The standard InChI is InChI=1S/2C21H23.C6H11BN2O2.2ClH.Hf/c2*1-14-8-6-10-18(15(14)2)19-11-7-9-16-12-17(13-20(16)19)21(3,4)5;1-3-5(10)8-7-9-6(11)4-2;;;/h2*6-13H,1-5H3;3-4H2,1-2H3,(H-,8,9,10,11);2*1H;/q;;;;;+1/p-1. The molecule has 0 aliphatic heterocycles. The van der Waals surface area contributed by atoms with Gasteiger partial charge in [0, 0.05) is 0 Å². The number of hydrogen-bond acceptors (Lipinski definition) is 2. The number of halogens is 2. The minimum absolute atomic E-state index is 0.206. The fourth-order valence-electron chi connectivity index (χ4n) is 9.19. The van der Waals surface area contributed by atoms with Crippen LogP contribution in [0, 0.1) is 38.5 Å². The van der Waals surface area contributed by atoms with Crippen molar-refractivity contribution < 1.29 is 25.5 Å². The molecule has 2 atom stereocenters. The first-order chi connectivity index (χ1) is 26.1. The van der Waals surface area contributed by atoms with Crippen molar-refractivity contribution in [1.82, 2.24) is 10.5 Å². The van der Waals surface area contributed by atoms with Gasteiger partial charge in [0.15, 0.2) is 0 Å². The quantitative estimate of drug-likeness (QED) is 0.164. The van der Waals surface area contributed by atoms with Crippen molar-refractivity contribution in [3.63, 3.8) is 0 Å². The van der Waals surface area contributed by atoms with E-state index in [0.29, 0.717) is 0 Å². The van der Waals surface area contributed by atoms with Crippen LogP contribution < -0.4 is 10.5 Å². The summed E-state index contributed by atoms with van der Waals surface area (Å²) in [5.74, 6) is -0.411. The minimum atomic E-state index is -6.32. The molecule has 293 valence electrons. The summed E-state index contributed by atoms with van der Waals surface area (Å²) < 4.78 is -1.89. The molecule has 6 rings (SSSR count). The third-order valence-electron chi connectivity index (χ3n) is 12.6. The van der Waals surface area contributed by atoms with Crippen LogP contribution in [0.15, 0.2) is 83.9 Å². The number of allylic oxidation sites excluding steroid dienone is 2. The number of rotatable bonds is 9. The van der Waals surface area contributed by atoms with E-state index in [9.17, 15) is 9.59 Å². The van der Waals surface area contributed by atoms with Crippen LogP contribution in [-0.2, 0) is 25.5 Å². The molecule has 4 aromatic carbocycles. The van der Waals surface area contributed by atoms with E-state index < -0.39 is 27.8 Å². The molecule has 4 nitrogen and oxygen atoms in total. The van der Waals surface area contributed by atoms with E-state index in [1.54, 1.807) is 0 Å². The summed E-state index contributed by atoms with van der Waals surface area (Å²) in [6.45, 7) is 25.7. The number of amides is 2. The van der Waals surface area contributed by atoms with Gasteiger partial charge in [-0.3, -0.25) is 0 Å². The molecule has 2 aliphatic carbocycles. The van der Waals surface area contributed by atoms with Gasteiger partial charge in [-0.15, -0.1) is 0 Å². The number of carbonyl (C=O) groups is 2. The van der Waals surface area contributed by atoms with Crippen molar-refractivity contribution in [1.29, 1.82) is 0 Å². The Kier molecular flexibility index (Phi) is 11.5. The third-order valence-corrected chi connectivity index (χ3v) is 40.7. The predicted octanol–water partition coefficient (Wildman–Crippen LogP) is 13.0. The van der Waals surface area contributed by atoms with Crippen LogP contribution in [0.4, 0.5) is 0 Å². The van der Waals surface area contributed by atoms with Crippen molar-refractivity contribution >= 4 is 45.7 Å². The molecular weight excluding hydrogens is 897 g/mol. The summed E-state index contributed by atoms with van der Waals surface area (Å²) in [6.07, 6.45) is 5.11. The van der Waals surface area contributed by atoms with E-state index in [-0.39, 0.29) is 35.5 Å². The Morgan fingerprint density at radius 1 is 0.589 bits per heavy atom. The molecule has 2 aliphatic rings. The van der Waals surface area contributed by atoms with Crippen molar-refractivity contribution in [2.75, 3.05) is 0 Å². The van der Waals surface area contributed by atoms with Crippen LogP contribution in [0.2, 0.25) is 0 Å². The van der Waals surface area contributed by atoms with Gasteiger partial charge in [-0.1, -0.05) is 0 Å². The number of nitrogens with one attached hydrogen (secondary N) is 2. The van der Waals surface area contributed by atoms with Crippen LogP contribution in [0.1, 0.15) is 120 Å². The first-order valence-electron chi connectivity index (χ1n) is 20.1. The Morgan fingerprint density at radius 2 is 0.929 bits per heavy atom. The van der Waals surface area contributed by atoms with E-state index in [0.717, 1.165) is 44.5 Å². The van der Waals surface area contributed by atoms with E-state index in [1.165, 1.54) is 33.4 Å². The fourth-order valence-corrected chi connectivity index (χ4v) is 39.5. The Hall–Kier alpha value is -3.18. The molecule has 0 radical (unpaired) electrons. The first-order valence-corrected chi connectivity index (χ1v) is 35.3. The molecule has 2 amide bonds. The van der Waals surface area contributed by atoms with Crippen LogP contribution in [0.25, 0.3) is 34.4 Å². The van der Waals surface area contributed by atoms with Gasteiger partial charge in [-0.25, -0.2) is 0 Å². The molecule has 0 bridgehead atoms. The van der Waals surface area contributed by atoms with Crippen molar-refractivity contribution in [3.8, 4) is 22.3 Å². The number of carbonyl (C=O) groups excluding carboxylic acids is 2. The van der Waals surface area contributed by atoms with E-state index >= 15 is 0 Å². The van der Waals surface area contributed by atoms with Crippen molar-refractivity contribution in [2.24, 2.45) is 10.8 Å². The third kappa shape index (κ3) is 7.15. The number of fused-ring (bicyclic) bond motifs is 2. The fraction of sp³-hybridized carbons (Fsp3) is 0.375. The molecule has 56 heavy (non-hydrogen) atoms. The SMILES string of the molecule is CCC(=O)N[B](NC(=O)CC)[Hf]([Cl])([Cl])([CH]1C(C(C)(C)C)=Cc2c(-c3cccc(C)c3C)cccc21)[CH]1C(C(C)(C)C)=Cc2c(-c3cccc(C)c3C)cccc21. The van der Waals surface area contributed by atoms with Crippen molar-refractivity contribution in [3.05, 3.63) is 128 Å². The number of hydrogen-bond donors (Lipinski definition) is 2. The van der Waals surface area contributed by atoms with E-state index in [1.807, 2.05) is 13.8 Å². The zero-order valence-corrected chi connectivity index (χ0v) is 40.4. The Balaban J connectivity index is 1.78. The molecule has 4 aromatic rings. The summed E-state index contributed by atoms with van der Waals surface area (Å²) in [6, 6.07) is 25.9. The monoisotopic (exact) mass is 955 g/mol. The summed E-state index contributed by atoms with van der Waals surface area (Å²) in [7, 11) is 18.0. The van der Waals surface area contributed by atoms with E-state index in [4.69, 9.17) is 17.2 Å². The van der Waals surface area contributed by atoms with E-state index in [2.05, 4.69) is 165 Å². The van der Waals surface area contributed by atoms with Gasteiger partial charge in [-0.05, 0) is 0 Å². The second-order valence-electron chi connectivity index (χ2n) is 18.2. The normalized spacial score (nSPS) is 17.3. The van der Waals surface area contributed by atoms with Crippen LogP contribution >= 0.6 is 17.2 Å². The molecule has 0 saturated heterocycles. The topological polar surface area (TPSA) is 58.2 Å². The average molecular weight is 955 g/mol. The molecule has 0 spiro atoms. The van der Waals surface area contributed by atoms with Crippen molar-refractivity contribution in [2.45, 2.75) is 103 Å². The summed E-state index contributed by atoms with van der Waals surface area (Å²) >= 11 is -6.32. The summed E-state index contributed by atoms with van der Waals surface area (Å²) in [4.78, 5) is 27.6. The maximum absolute atomic E-state index is 13.8. The number of benzene rings is 4. The van der Waals surface area contributed by atoms with Gasteiger partial charge in [0.2, 0.25) is 0 Å². The zero-order chi connectivity index (χ0) is 41.1. The van der Waals surface area contributed by atoms with Gasteiger partial charge >= 0.3 is 346 Å². The molecule has 0 saturated carbocycles. The summed E-state index contributed by atoms with van der Waals surface area (Å²) in [5, 5.41) is 6.61. The average Bonchev–Trinajstić information content (AvgIpc) is 3.76. The molecule has 0 aromatic heterocycles. The summed E-state index contributed by atoms with van der Waals surface area (Å²) in [5.41, 5.74) is 15.3. The number of aryl methyl sites for hydroxylation is 2. The Bertz CT molecular complexity index is 2160. The molecule has 2 unspecified atom stereocenters. The molecule has 0 heterocycles. The molecule has 0 fully saturated rings. The predicted molar refractivity (Wildman–Crippen MR) is 237 cm³/mol. The molecule has 2 N–H and O–H groups in total. The molecular formula is C48H58BCl2HfN2O2. The van der Waals surface area contributed by atoms with Gasteiger partial charge in [0.1, 0.15) is 0 Å². The van der Waals surface area contributed by atoms with Gasteiger partial charge in [0.05, 0.1) is 0 Å². The van der Waals surface area contributed by atoms with Crippen LogP contribution in [0.3, 0.4) is 0 Å². The van der Waals surface area contributed by atoms with Crippen LogP contribution in [-0.4, -0.2) is 16.4 Å². The Labute approximate surface area is 344 Å². The Morgan fingerprint density at radius 3 is 1.27 bits per heavy atom. The second kappa shape index (κ2) is 15.2.